The standard InChI is InChI=1S/C17H21N5OS/c1-3-12(4-2)16(13-7-5-10-24-13)20-15(23)11-14-19-17-18-8-6-9-22(17)21-14/h5-10,12,16H,3-4,11H2,1-2H3,(H,20,23)/t16-/m0/s1. The predicted octanol–water partition coefficient (Wildman–Crippen LogP) is 3.02. The molecule has 6 nitrogen and oxygen atoms in total. The zero-order valence-electron chi connectivity index (χ0n) is 13.8. The minimum absolute atomic E-state index is 0.0441. The Morgan fingerprint density at radius 1 is 1.33 bits per heavy atom. The second kappa shape index (κ2) is 7.53. The highest BCUT2D eigenvalue weighted by atomic mass is 32.1. The first-order valence-electron chi connectivity index (χ1n) is 8.20. The lowest BCUT2D eigenvalue weighted by Crippen LogP contribution is -2.34. The van der Waals surface area contributed by atoms with Crippen molar-refractivity contribution in [2.45, 2.75) is 39.2 Å². The first kappa shape index (κ1) is 16.6. The van der Waals surface area contributed by atoms with Gasteiger partial charge in [-0.25, -0.2) is 9.50 Å². The molecule has 3 rings (SSSR count). The maximum atomic E-state index is 12.5. The maximum Gasteiger partial charge on any atom is 0.252 e. The second-order valence-corrected chi connectivity index (χ2v) is 6.69. The van der Waals surface area contributed by atoms with Crippen molar-refractivity contribution in [1.29, 1.82) is 0 Å². The molecule has 0 saturated heterocycles. The van der Waals surface area contributed by atoms with Gasteiger partial charge in [-0.1, -0.05) is 32.8 Å². The van der Waals surface area contributed by atoms with Crippen LogP contribution in [0.1, 0.15) is 43.4 Å². The number of nitrogens with one attached hydrogen (secondary N) is 1. The molecule has 0 spiro atoms. The SMILES string of the molecule is CCC(CC)[C@H](NC(=O)Cc1nc2ncccn2n1)c1cccs1. The zero-order chi connectivity index (χ0) is 16.9. The van der Waals surface area contributed by atoms with Crippen molar-refractivity contribution in [3.63, 3.8) is 0 Å². The van der Waals surface area contributed by atoms with E-state index in [0.717, 1.165) is 12.8 Å². The van der Waals surface area contributed by atoms with E-state index in [1.165, 1.54) is 4.88 Å². The molecule has 1 N–H and O–H groups in total. The Bertz CT molecular complexity index is 761. The van der Waals surface area contributed by atoms with Gasteiger partial charge in [0, 0.05) is 17.3 Å². The number of carbonyl (C=O) groups is 1. The molecule has 0 aromatic carbocycles. The van der Waals surface area contributed by atoms with Crippen LogP contribution < -0.4 is 5.32 Å². The molecule has 1 amide bonds. The van der Waals surface area contributed by atoms with Crippen molar-refractivity contribution in [1.82, 2.24) is 24.9 Å². The monoisotopic (exact) mass is 343 g/mol. The maximum absolute atomic E-state index is 12.5. The van der Waals surface area contributed by atoms with E-state index in [9.17, 15) is 4.79 Å². The predicted molar refractivity (Wildman–Crippen MR) is 93.8 cm³/mol. The highest BCUT2D eigenvalue weighted by Gasteiger charge is 2.24. The Morgan fingerprint density at radius 2 is 2.17 bits per heavy atom. The van der Waals surface area contributed by atoms with E-state index in [-0.39, 0.29) is 18.4 Å². The molecule has 126 valence electrons. The molecule has 0 aliphatic carbocycles. The van der Waals surface area contributed by atoms with E-state index < -0.39 is 0 Å². The van der Waals surface area contributed by atoms with Crippen molar-refractivity contribution in [2.24, 2.45) is 5.92 Å². The van der Waals surface area contributed by atoms with Gasteiger partial charge in [0.15, 0.2) is 5.82 Å². The molecule has 1 atom stereocenters. The fourth-order valence-corrected chi connectivity index (χ4v) is 3.74. The lowest BCUT2D eigenvalue weighted by atomic mass is 9.93. The van der Waals surface area contributed by atoms with Crippen LogP contribution in [0, 0.1) is 5.92 Å². The molecule has 3 aromatic rings. The van der Waals surface area contributed by atoms with E-state index in [1.54, 1.807) is 34.3 Å². The Hall–Kier alpha value is -2.28. The first-order chi connectivity index (χ1) is 11.7. The van der Waals surface area contributed by atoms with Gasteiger partial charge in [-0.2, -0.15) is 4.98 Å². The van der Waals surface area contributed by atoms with Crippen LogP contribution >= 0.6 is 11.3 Å². The number of hydrogen-bond acceptors (Lipinski definition) is 5. The topological polar surface area (TPSA) is 72.2 Å². The summed E-state index contributed by atoms with van der Waals surface area (Å²) in [5, 5.41) is 9.52. The van der Waals surface area contributed by atoms with Crippen LogP contribution in [-0.4, -0.2) is 25.5 Å². The smallest absolute Gasteiger partial charge is 0.252 e. The quantitative estimate of drug-likeness (QED) is 0.716. The van der Waals surface area contributed by atoms with Gasteiger partial charge in [0.25, 0.3) is 5.78 Å². The number of fused-ring (bicyclic) bond motifs is 1. The van der Waals surface area contributed by atoms with Crippen molar-refractivity contribution >= 4 is 23.0 Å². The minimum atomic E-state index is -0.0591. The molecule has 0 fully saturated rings. The highest BCUT2D eigenvalue weighted by Crippen LogP contribution is 2.30. The Labute approximate surface area is 145 Å². The third kappa shape index (κ3) is 3.62. The van der Waals surface area contributed by atoms with Crippen LogP contribution in [-0.2, 0) is 11.2 Å². The fraction of sp³-hybridized carbons (Fsp3) is 0.412. The van der Waals surface area contributed by atoms with Gasteiger partial charge in [-0.05, 0) is 23.4 Å². The van der Waals surface area contributed by atoms with Crippen LogP contribution in [0.4, 0.5) is 0 Å². The summed E-state index contributed by atoms with van der Waals surface area (Å²) in [6.45, 7) is 4.33. The summed E-state index contributed by atoms with van der Waals surface area (Å²) < 4.78 is 1.58. The third-order valence-corrected chi connectivity index (χ3v) is 5.12. The second-order valence-electron chi connectivity index (χ2n) is 5.71. The van der Waals surface area contributed by atoms with Crippen molar-refractivity contribution in [3.8, 4) is 0 Å². The summed E-state index contributed by atoms with van der Waals surface area (Å²) in [6.07, 6.45) is 5.64. The number of aromatic nitrogens is 4. The van der Waals surface area contributed by atoms with Gasteiger partial charge >= 0.3 is 0 Å². The van der Waals surface area contributed by atoms with Crippen LogP contribution in [0.5, 0.6) is 0 Å². The Balaban J connectivity index is 1.73. The molecule has 0 saturated carbocycles. The van der Waals surface area contributed by atoms with E-state index in [0.29, 0.717) is 17.5 Å². The van der Waals surface area contributed by atoms with E-state index in [1.807, 2.05) is 11.4 Å². The summed E-state index contributed by atoms with van der Waals surface area (Å²) in [6, 6.07) is 5.94. The molecule has 0 bridgehead atoms. The average Bonchev–Trinajstić information content (AvgIpc) is 3.24. The van der Waals surface area contributed by atoms with Crippen molar-refractivity contribution in [2.75, 3.05) is 0 Å². The lowest BCUT2D eigenvalue weighted by molar-refractivity contribution is -0.121. The number of carbonyl (C=O) groups excluding carboxylic acids is 1. The Kier molecular flexibility index (Phi) is 5.20. The normalized spacial score (nSPS) is 12.6. The molecule has 3 aromatic heterocycles. The average molecular weight is 343 g/mol. The van der Waals surface area contributed by atoms with Crippen LogP contribution in [0.25, 0.3) is 5.78 Å². The van der Waals surface area contributed by atoms with Crippen LogP contribution in [0.2, 0.25) is 0 Å². The van der Waals surface area contributed by atoms with Gasteiger partial charge in [-0.15, -0.1) is 16.4 Å². The van der Waals surface area contributed by atoms with Crippen LogP contribution in [0.3, 0.4) is 0 Å². The van der Waals surface area contributed by atoms with E-state index in [4.69, 9.17) is 0 Å². The Morgan fingerprint density at radius 3 is 2.83 bits per heavy atom. The molecule has 0 radical (unpaired) electrons. The van der Waals surface area contributed by atoms with Crippen molar-refractivity contribution in [3.05, 3.63) is 46.7 Å². The molecular weight excluding hydrogens is 322 g/mol. The summed E-state index contributed by atoms with van der Waals surface area (Å²) in [4.78, 5) is 22.1. The summed E-state index contributed by atoms with van der Waals surface area (Å²) >= 11 is 1.68. The molecule has 0 aliphatic heterocycles. The van der Waals surface area contributed by atoms with Crippen molar-refractivity contribution < 1.29 is 4.79 Å². The summed E-state index contributed by atoms with van der Waals surface area (Å²) in [5.41, 5.74) is 0. The number of rotatable bonds is 7. The summed E-state index contributed by atoms with van der Waals surface area (Å²) in [7, 11) is 0. The molecule has 7 heteroatoms. The third-order valence-electron chi connectivity index (χ3n) is 4.17. The molecule has 0 unspecified atom stereocenters. The van der Waals surface area contributed by atoms with E-state index in [2.05, 4.69) is 40.3 Å². The molecule has 24 heavy (non-hydrogen) atoms. The number of nitrogens with zero attached hydrogens (tertiary/aromatic N) is 4. The van der Waals surface area contributed by atoms with Gasteiger partial charge in [0.1, 0.15) is 0 Å². The molecule has 3 heterocycles. The molecule has 0 aliphatic rings. The number of thiophene rings is 1. The van der Waals surface area contributed by atoms with Gasteiger partial charge in [-0.3, -0.25) is 4.79 Å². The van der Waals surface area contributed by atoms with Gasteiger partial charge in [0.2, 0.25) is 5.91 Å². The van der Waals surface area contributed by atoms with Gasteiger partial charge < -0.3 is 5.32 Å². The number of hydrogen-bond donors (Lipinski definition) is 1. The van der Waals surface area contributed by atoms with Gasteiger partial charge in [0.05, 0.1) is 12.5 Å². The fourth-order valence-electron chi connectivity index (χ4n) is 2.87. The van der Waals surface area contributed by atoms with Crippen LogP contribution in [0.15, 0.2) is 36.0 Å². The number of amides is 1. The highest BCUT2D eigenvalue weighted by molar-refractivity contribution is 7.10. The summed E-state index contributed by atoms with van der Waals surface area (Å²) in [5.74, 6) is 1.36. The molecular formula is C17H21N5OS. The minimum Gasteiger partial charge on any atom is -0.348 e. The zero-order valence-corrected chi connectivity index (χ0v) is 14.7. The van der Waals surface area contributed by atoms with E-state index >= 15 is 0 Å². The largest absolute Gasteiger partial charge is 0.348 e. The first-order valence-corrected chi connectivity index (χ1v) is 9.08. The lowest BCUT2D eigenvalue weighted by Gasteiger charge is -2.25.